The van der Waals surface area contributed by atoms with Gasteiger partial charge in [0.05, 0.1) is 17.7 Å². The van der Waals surface area contributed by atoms with Crippen molar-refractivity contribution in [3.05, 3.63) is 55.2 Å². The molecule has 29 heavy (non-hydrogen) atoms. The van der Waals surface area contributed by atoms with Gasteiger partial charge in [-0.05, 0) is 43.5 Å². The van der Waals surface area contributed by atoms with Crippen LogP contribution in [-0.4, -0.2) is 49.8 Å². The third-order valence-electron chi connectivity index (χ3n) is 5.77. The van der Waals surface area contributed by atoms with E-state index in [1.54, 1.807) is 24.8 Å². The van der Waals surface area contributed by atoms with E-state index in [0.717, 1.165) is 43.6 Å². The van der Waals surface area contributed by atoms with E-state index in [0.29, 0.717) is 12.5 Å². The molecular formula is C21H23N7O. The molecule has 148 valence electrons. The molecular weight excluding hydrogens is 366 g/mol. The SMILES string of the molecule is O=C(NC1CCN(c2nccc(-c3cccnc3)n2)C1)C1(Cn2cccn2)CC1. The van der Waals surface area contributed by atoms with E-state index >= 15 is 0 Å². The minimum Gasteiger partial charge on any atom is -0.351 e. The molecule has 4 heterocycles. The molecule has 0 bridgehead atoms. The summed E-state index contributed by atoms with van der Waals surface area (Å²) in [6, 6.07) is 7.78. The lowest BCUT2D eigenvalue weighted by Gasteiger charge is -2.20. The summed E-state index contributed by atoms with van der Waals surface area (Å²) in [5, 5.41) is 7.50. The molecule has 3 aromatic rings. The first kappa shape index (κ1) is 17.8. The van der Waals surface area contributed by atoms with Gasteiger partial charge in [0, 0.05) is 55.7 Å². The van der Waals surface area contributed by atoms with E-state index in [2.05, 4.69) is 25.3 Å². The average Bonchev–Trinajstić information content (AvgIpc) is 3.14. The molecule has 1 atom stereocenters. The number of amides is 1. The first-order chi connectivity index (χ1) is 14.2. The normalized spacial score (nSPS) is 19.9. The van der Waals surface area contributed by atoms with Crippen molar-refractivity contribution in [3.63, 3.8) is 0 Å². The van der Waals surface area contributed by atoms with Crippen molar-refractivity contribution in [3.8, 4) is 11.3 Å². The summed E-state index contributed by atoms with van der Waals surface area (Å²) in [5.74, 6) is 0.839. The summed E-state index contributed by atoms with van der Waals surface area (Å²) in [5.41, 5.74) is 1.53. The maximum Gasteiger partial charge on any atom is 0.228 e. The van der Waals surface area contributed by atoms with Crippen molar-refractivity contribution in [2.75, 3.05) is 18.0 Å². The fraction of sp³-hybridized carbons (Fsp3) is 0.381. The third kappa shape index (κ3) is 3.70. The van der Waals surface area contributed by atoms with Gasteiger partial charge in [-0.3, -0.25) is 14.5 Å². The first-order valence-corrected chi connectivity index (χ1v) is 9.99. The Hall–Kier alpha value is -3.29. The maximum atomic E-state index is 12.9. The second-order valence-electron chi connectivity index (χ2n) is 7.87. The Labute approximate surface area is 169 Å². The number of carbonyl (C=O) groups is 1. The molecule has 1 N–H and O–H groups in total. The van der Waals surface area contributed by atoms with Gasteiger partial charge in [-0.1, -0.05) is 0 Å². The molecule has 8 nitrogen and oxygen atoms in total. The fourth-order valence-corrected chi connectivity index (χ4v) is 3.89. The second-order valence-corrected chi connectivity index (χ2v) is 7.87. The highest BCUT2D eigenvalue weighted by atomic mass is 16.2. The zero-order chi connectivity index (χ0) is 19.7. The highest BCUT2D eigenvalue weighted by Gasteiger charge is 2.51. The van der Waals surface area contributed by atoms with Gasteiger partial charge in [0.15, 0.2) is 0 Å². The largest absolute Gasteiger partial charge is 0.351 e. The minimum atomic E-state index is -0.295. The van der Waals surface area contributed by atoms with Gasteiger partial charge in [-0.15, -0.1) is 0 Å². The number of pyridine rings is 1. The van der Waals surface area contributed by atoms with Crippen LogP contribution in [0.3, 0.4) is 0 Å². The molecule has 1 unspecified atom stereocenters. The van der Waals surface area contributed by atoms with Gasteiger partial charge in [-0.25, -0.2) is 9.97 Å². The summed E-state index contributed by atoms with van der Waals surface area (Å²) in [6.07, 6.45) is 11.7. The van der Waals surface area contributed by atoms with Gasteiger partial charge in [0.2, 0.25) is 11.9 Å². The fourth-order valence-electron chi connectivity index (χ4n) is 3.89. The Morgan fingerprint density at radius 2 is 2.14 bits per heavy atom. The molecule has 0 radical (unpaired) electrons. The highest BCUT2D eigenvalue weighted by Crippen LogP contribution is 2.47. The van der Waals surface area contributed by atoms with Gasteiger partial charge in [0.1, 0.15) is 0 Å². The number of hydrogen-bond donors (Lipinski definition) is 1. The van der Waals surface area contributed by atoms with Crippen molar-refractivity contribution >= 4 is 11.9 Å². The van der Waals surface area contributed by atoms with Gasteiger partial charge < -0.3 is 10.2 Å². The number of anilines is 1. The number of rotatable bonds is 6. The van der Waals surface area contributed by atoms with E-state index in [4.69, 9.17) is 4.98 Å². The minimum absolute atomic E-state index is 0.114. The first-order valence-electron chi connectivity index (χ1n) is 9.99. The van der Waals surface area contributed by atoms with E-state index in [1.807, 2.05) is 35.1 Å². The van der Waals surface area contributed by atoms with Crippen LogP contribution in [0, 0.1) is 5.41 Å². The summed E-state index contributed by atoms with van der Waals surface area (Å²) in [7, 11) is 0. The zero-order valence-corrected chi connectivity index (χ0v) is 16.1. The highest BCUT2D eigenvalue weighted by molar-refractivity contribution is 5.85. The molecule has 1 saturated carbocycles. The molecule has 0 spiro atoms. The van der Waals surface area contributed by atoms with Crippen LogP contribution in [0.25, 0.3) is 11.3 Å². The lowest BCUT2D eigenvalue weighted by molar-refractivity contribution is -0.127. The van der Waals surface area contributed by atoms with Crippen molar-refractivity contribution in [1.82, 2.24) is 30.0 Å². The van der Waals surface area contributed by atoms with Crippen LogP contribution in [0.15, 0.2) is 55.2 Å². The van der Waals surface area contributed by atoms with Crippen molar-refractivity contribution in [2.24, 2.45) is 5.41 Å². The maximum absolute atomic E-state index is 12.9. The van der Waals surface area contributed by atoms with Crippen LogP contribution in [-0.2, 0) is 11.3 Å². The Balaban J connectivity index is 1.22. The predicted octanol–water partition coefficient (Wildman–Crippen LogP) is 1.91. The quantitative estimate of drug-likeness (QED) is 0.693. The topological polar surface area (TPSA) is 88.8 Å². The van der Waals surface area contributed by atoms with Crippen LogP contribution in [0.5, 0.6) is 0 Å². The molecule has 8 heteroatoms. The van der Waals surface area contributed by atoms with Crippen LogP contribution in [0.1, 0.15) is 19.3 Å². The predicted molar refractivity (Wildman–Crippen MR) is 108 cm³/mol. The number of aromatic nitrogens is 5. The van der Waals surface area contributed by atoms with Crippen LogP contribution >= 0.6 is 0 Å². The third-order valence-corrected chi connectivity index (χ3v) is 5.77. The standard InChI is InChI=1S/C21H23N7O/c29-19(21(6-7-21)15-28-11-2-9-24-28)25-17-5-12-27(14-17)20-23-10-4-18(26-20)16-3-1-8-22-13-16/h1-4,8-11,13,17H,5-7,12,14-15H2,(H,25,29). The van der Waals surface area contributed by atoms with Crippen molar-refractivity contribution in [2.45, 2.75) is 31.8 Å². The average molecular weight is 389 g/mol. The molecule has 0 aromatic carbocycles. The number of nitrogens with one attached hydrogen (secondary N) is 1. The Bertz CT molecular complexity index is 985. The summed E-state index contributed by atoms with van der Waals surface area (Å²) in [4.78, 5) is 28.3. The summed E-state index contributed by atoms with van der Waals surface area (Å²) in [6.45, 7) is 2.20. The summed E-state index contributed by atoms with van der Waals surface area (Å²) < 4.78 is 1.85. The molecule has 5 rings (SSSR count). The Kier molecular flexibility index (Phi) is 4.46. The van der Waals surface area contributed by atoms with E-state index in [1.165, 1.54) is 0 Å². The number of nitrogens with zero attached hydrogens (tertiary/aromatic N) is 6. The monoisotopic (exact) mass is 389 g/mol. The number of hydrogen-bond acceptors (Lipinski definition) is 6. The van der Waals surface area contributed by atoms with Crippen LogP contribution < -0.4 is 10.2 Å². The Morgan fingerprint density at radius 1 is 1.21 bits per heavy atom. The lowest BCUT2D eigenvalue weighted by atomic mass is 10.1. The second kappa shape index (κ2) is 7.27. The van der Waals surface area contributed by atoms with E-state index in [-0.39, 0.29) is 17.4 Å². The zero-order valence-electron chi connectivity index (χ0n) is 16.1. The van der Waals surface area contributed by atoms with Crippen LogP contribution in [0.4, 0.5) is 5.95 Å². The number of carbonyl (C=O) groups excluding carboxylic acids is 1. The summed E-state index contributed by atoms with van der Waals surface area (Å²) >= 11 is 0. The van der Waals surface area contributed by atoms with Crippen LogP contribution in [0.2, 0.25) is 0 Å². The molecule has 1 aliphatic heterocycles. The molecule has 3 aromatic heterocycles. The van der Waals surface area contributed by atoms with Crippen molar-refractivity contribution in [1.29, 1.82) is 0 Å². The molecule has 2 aliphatic rings. The smallest absolute Gasteiger partial charge is 0.228 e. The van der Waals surface area contributed by atoms with Crippen molar-refractivity contribution < 1.29 is 4.79 Å². The molecule has 1 amide bonds. The van der Waals surface area contributed by atoms with Gasteiger partial charge >= 0.3 is 0 Å². The van der Waals surface area contributed by atoms with Gasteiger partial charge in [-0.2, -0.15) is 5.10 Å². The molecule has 2 fully saturated rings. The molecule has 1 aliphatic carbocycles. The Morgan fingerprint density at radius 3 is 2.90 bits per heavy atom. The van der Waals surface area contributed by atoms with Gasteiger partial charge in [0.25, 0.3) is 0 Å². The lowest BCUT2D eigenvalue weighted by Crippen LogP contribution is -2.42. The van der Waals surface area contributed by atoms with E-state index in [9.17, 15) is 4.79 Å². The van der Waals surface area contributed by atoms with E-state index < -0.39 is 0 Å². The molecule has 1 saturated heterocycles.